The van der Waals surface area contributed by atoms with Crippen LogP contribution in [0.3, 0.4) is 0 Å². The summed E-state index contributed by atoms with van der Waals surface area (Å²) in [7, 11) is 0. The van der Waals surface area contributed by atoms with E-state index < -0.39 is 0 Å². The predicted molar refractivity (Wildman–Crippen MR) is 57.9 cm³/mol. The van der Waals surface area contributed by atoms with Gasteiger partial charge in [-0.1, -0.05) is 13.8 Å². The SMILES string of the molecule is CCC(OCC1(CC)COC1)C1COC1. The second-order valence-corrected chi connectivity index (χ2v) is 4.90. The molecular formula is C12H22O3. The minimum Gasteiger partial charge on any atom is -0.380 e. The second-order valence-electron chi connectivity index (χ2n) is 4.90. The van der Waals surface area contributed by atoms with Crippen LogP contribution in [-0.4, -0.2) is 39.1 Å². The molecule has 15 heavy (non-hydrogen) atoms. The lowest BCUT2D eigenvalue weighted by Gasteiger charge is -2.42. The Kier molecular flexibility index (Phi) is 3.65. The Balaban J connectivity index is 1.74. The average molecular weight is 214 g/mol. The van der Waals surface area contributed by atoms with Gasteiger partial charge in [0.15, 0.2) is 0 Å². The lowest BCUT2D eigenvalue weighted by atomic mass is 9.84. The molecule has 0 saturated carbocycles. The first-order valence-electron chi connectivity index (χ1n) is 6.07. The van der Waals surface area contributed by atoms with Crippen molar-refractivity contribution >= 4 is 0 Å². The van der Waals surface area contributed by atoms with Gasteiger partial charge in [-0.15, -0.1) is 0 Å². The molecule has 1 unspecified atom stereocenters. The van der Waals surface area contributed by atoms with Gasteiger partial charge in [0.2, 0.25) is 0 Å². The first-order chi connectivity index (χ1) is 7.29. The average Bonchev–Trinajstić information content (AvgIpc) is 2.11. The number of rotatable bonds is 6. The molecule has 3 nitrogen and oxygen atoms in total. The van der Waals surface area contributed by atoms with Crippen molar-refractivity contribution in [2.75, 3.05) is 33.0 Å². The third-order valence-electron chi connectivity index (χ3n) is 3.76. The van der Waals surface area contributed by atoms with E-state index in [2.05, 4.69) is 13.8 Å². The molecule has 2 fully saturated rings. The van der Waals surface area contributed by atoms with Crippen molar-refractivity contribution in [2.24, 2.45) is 11.3 Å². The highest BCUT2D eigenvalue weighted by atomic mass is 16.5. The molecule has 1 atom stereocenters. The highest BCUT2D eigenvalue weighted by molar-refractivity contribution is 4.85. The van der Waals surface area contributed by atoms with Crippen LogP contribution >= 0.6 is 0 Å². The fourth-order valence-corrected chi connectivity index (χ4v) is 2.12. The maximum atomic E-state index is 6.03. The number of hydrogen-bond acceptors (Lipinski definition) is 3. The van der Waals surface area contributed by atoms with E-state index in [4.69, 9.17) is 14.2 Å². The van der Waals surface area contributed by atoms with Crippen molar-refractivity contribution in [1.82, 2.24) is 0 Å². The van der Waals surface area contributed by atoms with E-state index in [1.165, 1.54) is 0 Å². The summed E-state index contributed by atoms with van der Waals surface area (Å²) < 4.78 is 16.5. The molecule has 0 aromatic carbocycles. The van der Waals surface area contributed by atoms with Gasteiger partial charge in [0, 0.05) is 11.3 Å². The van der Waals surface area contributed by atoms with Gasteiger partial charge in [0.05, 0.1) is 39.1 Å². The van der Waals surface area contributed by atoms with Crippen LogP contribution in [0.4, 0.5) is 0 Å². The van der Waals surface area contributed by atoms with Crippen LogP contribution in [0.1, 0.15) is 26.7 Å². The van der Waals surface area contributed by atoms with Crippen molar-refractivity contribution in [1.29, 1.82) is 0 Å². The Morgan fingerprint density at radius 2 is 2.00 bits per heavy atom. The van der Waals surface area contributed by atoms with Crippen LogP contribution in [0.5, 0.6) is 0 Å². The van der Waals surface area contributed by atoms with Crippen molar-refractivity contribution in [2.45, 2.75) is 32.8 Å². The monoisotopic (exact) mass is 214 g/mol. The van der Waals surface area contributed by atoms with Gasteiger partial charge >= 0.3 is 0 Å². The van der Waals surface area contributed by atoms with Crippen LogP contribution < -0.4 is 0 Å². The summed E-state index contributed by atoms with van der Waals surface area (Å²) in [5.41, 5.74) is 0.317. The zero-order chi connectivity index (χ0) is 10.7. The summed E-state index contributed by atoms with van der Waals surface area (Å²) in [4.78, 5) is 0. The molecule has 2 aliphatic heterocycles. The smallest absolute Gasteiger partial charge is 0.0645 e. The molecule has 2 rings (SSSR count). The molecule has 2 saturated heterocycles. The quantitative estimate of drug-likeness (QED) is 0.675. The van der Waals surface area contributed by atoms with Gasteiger partial charge in [-0.2, -0.15) is 0 Å². The fourth-order valence-electron chi connectivity index (χ4n) is 2.12. The zero-order valence-corrected chi connectivity index (χ0v) is 9.83. The molecular weight excluding hydrogens is 192 g/mol. The van der Waals surface area contributed by atoms with Gasteiger partial charge in [-0.25, -0.2) is 0 Å². The molecule has 0 aromatic rings. The third kappa shape index (κ3) is 2.35. The molecule has 0 N–H and O–H groups in total. The van der Waals surface area contributed by atoms with Crippen LogP contribution in [0.2, 0.25) is 0 Å². The minimum atomic E-state index is 0.317. The summed E-state index contributed by atoms with van der Waals surface area (Å²) in [6.07, 6.45) is 2.64. The Morgan fingerprint density at radius 1 is 1.27 bits per heavy atom. The molecule has 0 aromatic heterocycles. The van der Waals surface area contributed by atoms with Gasteiger partial charge in [-0.05, 0) is 12.8 Å². The van der Waals surface area contributed by atoms with Crippen LogP contribution in [-0.2, 0) is 14.2 Å². The first kappa shape index (κ1) is 11.4. The molecule has 0 aliphatic carbocycles. The maximum absolute atomic E-state index is 6.03. The standard InChI is InChI=1S/C12H22O3/c1-3-11(10-5-13-6-10)15-9-12(4-2)7-14-8-12/h10-11H,3-9H2,1-2H3. The predicted octanol–water partition coefficient (Wildman–Crippen LogP) is 1.85. The third-order valence-corrected chi connectivity index (χ3v) is 3.76. The van der Waals surface area contributed by atoms with Gasteiger partial charge in [-0.3, -0.25) is 0 Å². The largest absolute Gasteiger partial charge is 0.380 e. The fraction of sp³-hybridized carbons (Fsp3) is 1.00. The molecule has 2 heterocycles. The summed E-state index contributed by atoms with van der Waals surface area (Å²) >= 11 is 0. The molecule has 0 amide bonds. The molecule has 3 heteroatoms. The van der Waals surface area contributed by atoms with E-state index in [0.29, 0.717) is 17.4 Å². The van der Waals surface area contributed by atoms with Crippen LogP contribution in [0.25, 0.3) is 0 Å². The molecule has 88 valence electrons. The molecule has 0 spiro atoms. The van der Waals surface area contributed by atoms with Crippen molar-refractivity contribution in [3.05, 3.63) is 0 Å². The second kappa shape index (κ2) is 4.81. The van der Waals surface area contributed by atoms with E-state index >= 15 is 0 Å². The molecule has 0 bridgehead atoms. The minimum absolute atomic E-state index is 0.317. The summed E-state index contributed by atoms with van der Waals surface area (Å²) in [6, 6.07) is 0. The van der Waals surface area contributed by atoms with Crippen molar-refractivity contribution < 1.29 is 14.2 Å². The first-order valence-corrected chi connectivity index (χ1v) is 6.07. The Morgan fingerprint density at radius 3 is 2.33 bits per heavy atom. The van der Waals surface area contributed by atoms with E-state index in [1.54, 1.807) is 0 Å². The number of hydrogen-bond donors (Lipinski definition) is 0. The van der Waals surface area contributed by atoms with E-state index in [0.717, 1.165) is 45.9 Å². The Bertz CT molecular complexity index is 192. The van der Waals surface area contributed by atoms with E-state index in [1.807, 2.05) is 0 Å². The summed E-state index contributed by atoms with van der Waals surface area (Å²) in [6.45, 7) is 8.79. The number of ether oxygens (including phenoxy) is 3. The lowest BCUT2D eigenvalue weighted by molar-refractivity contribution is -0.183. The van der Waals surface area contributed by atoms with Gasteiger partial charge in [0.25, 0.3) is 0 Å². The Labute approximate surface area is 92.1 Å². The van der Waals surface area contributed by atoms with Crippen molar-refractivity contribution in [3.8, 4) is 0 Å². The van der Waals surface area contributed by atoms with Crippen LogP contribution in [0, 0.1) is 11.3 Å². The summed E-state index contributed by atoms with van der Waals surface area (Å²) in [5, 5.41) is 0. The maximum Gasteiger partial charge on any atom is 0.0645 e. The molecule has 2 aliphatic rings. The lowest BCUT2D eigenvalue weighted by Crippen LogP contribution is -2.48. The van der Waals surface area contributed by atoms with Crippen LogP contribution in [0.15, 0.2) is 0 Å². The van der Waals surface area contributed by atoms with E-state index in [9.17, 15) is 0 Å². The summed E-state index contributed by atoms with van der Waals surface area (Å²) in [5.74, 6) is 0.630. The van der Waals surface area contributed by atoms with Gasteiger partial charge in [0.1, 0.15) is 0 Å². The molecule has 0 radical (unpaired) electrons. The highest BCUT2D eigenvalue weighted by Crippen LogP contribution is 2.33. The van der Waals surface area contributed by atoms with Gasteiger partial charge < -0.3 is 14.2 Å². The zero-order valence-electron chi connectivity index (χ0n) is 9.83. The Hall–Kier alpha value is -0.120. The van der Waals surface area contributed by atoms with E-state index in [-0.39, 0.29) is 0 Å². The van der Waals surface area contributed by atoms with Crippen molar-refractivity contribution in [3.63, 3.8) is 0 Å². The highest BCUT2D eigenvalue weighted by Gasteiger charge is 2.38. The normalized spacial score (nSPS) is 26.8. The topological polar surface area (TPSA) is 27.7 Å².